The van der Waals surface area contributed by atoms with Gasteiger partial charge in [0.25, 0.3) is 0 Å². The van der Waals surface area contributed by atoms with E-state index in [2.05, 4.69) is 14.1 Å². The molecule has 150 valence electrons. The van der Waals surface area contributed by atoms with Gasteiger partial charge in [-0.15, -0.1) is 0 Å². The minimum absolute atomic E-state index is 0.131. The van der Waals surface area contributed by atoms with Crippen molar-refractivity contribution < 1.29 is 29.3 Å². The molecule has 1 heterocycles. The lowest BCUT2D eigenvalue weighted by molar-refractivity contribution is -0.922. The molecule has 0 amide bonds. The number of nitrogens with zero attached hydrogens (tertiary/aromatic N) is 1. The van der Waals surface area contributed by atoms with Crippen LogP contribution in [-0.2, 0) is 17.6 Å². The van der Waals surface area contributed by atoms with Crippen LogP contribution in [0.15, 0.2) is 30.3 Å². The highest BCUT2D eigenvalue weighted by Gasteiger charge is 2.40. The molecule has 6 heteroatoms. The Morgan fingerprint density at radius 1 is 1.18 bits per heavy atom. The summed E-state index contributed by atoms with van der Waals surface area (Å²) in [7, 11) is 5.61. The van der Waals surface area contributed by atoms with Crippen LogP contribution in [-0.4, -0.2) is 53.3 Å². The second-order valence-corrected chi connectivity index (χ2v) is 8.03. The summed E-state index contributed by atoms with van der Waals surface area (Å²) in [4.78, 5) is 12.8. The number of methoxy groups -OCH3 is 1. The van der Waals surface area contributed by atoms with Crippen LogP contribution in [0.3, 0.4) is 0 Å². The first-order chi connectivity index (χ1) is 13.2. The summed E-state index contributed by atoms with van der Waals surface area (Å²) >= 11 is 0. The summed E-state index contributed by atoms with van der Waals surface area (Å²) in [5.74, 6) is 0.136. The molecule has 2 aromatic carbocycles. The number of ketones is 1. The van der Waals surface area contributed by atoms with E-state index in [4.69, 9.17) is 4.74 Å². The molecule has 0 spiro atoms. The first-order valence-corrected chi connectivity index (χ1v) is 9.47. The lowest BCUT2D eigenvalue weighted by Gasteiger charge is -2.43. The lowest BCUT2D eigenvalue weighted by Crippen LogP contribution is -2.48. The molecular formula is C22H28NO5+. The number of hydrogen-bond acceptors (Lipinski definition) is 5. The number of carbonyl (C=O) groups is 1. The number of quaternary nitrogens is 1. The van der Waals surface area contributed by atoms with Crippen molar-refractivity contribution in [3.63, 3.8) is 0 Å². The molecule has 3 rings (SSSR count). The standard InChI is InChI=1S/C22H27NO5/c1-23(2)11-10-15-12-19(26)21(27)22(28-3)20(15)18(23)13-17(25)9-6-14-4-7-16(24)8-5-14/h4-5,7-8,12,18H,6,9-11,13H2,1-3H3,(H2-,24,26,27)/p+1. The molecule has 0 aromatic heterocycles. The van der Waals surface area contributed by atoms with E-state index in [1.54, 1.807) is 18.2 Å². The van der Waals surface area contributed by atoms with Gasteiger partial charge in [0.15, 0.2) is 11.5 Å². The number of phenols is 3. The maximum Gasteiger partial charge on any atom is 0.201 e. The maximum atomic E-state index is 12.8. The van der Waals surface area contributed by atoms with E-state index in [-0.39, 0.29) is 34.8 Å². The number of hydrogen-bond donors (Lipinski definition) is 3. The van der Waals surface area contributed by atoms with Crippen molar-refractivity contribution in [1.82, 2.24) is 0 Å². The number of fused-ring (bicyclic) bond motifs is 1. The van der Waals surface area contributed by atoms with Crippen molar-refractivity contribution in [2.24, 2.45) is 0 Å². The molecule has 0 bridgehead atoms. The van der Waals surface area contributed by atoms with Gasteiger partial charge in [-0.25, -0.2) is 0 Å². The van der Waals surface area contributed by atoms with Crippen LogP contribution >= 0.6 is 0 Å². The van der Waals surface area contributed by atoms with Gasteiger partial charge >= 0.3 is 0 Å². The average Bonchev–Trinajstić information content (AvgIpc) is 2.65. The average molecular weight is 386 g/mol. The molecule has 1 unspecified atom stereocenters. The predicted molar refractivity (Wildman–Crippen MR) is 106 cm³/mol. The van der Waals surface area contributed by atoms with Crippen molar-refractivity contribution in [2.45, 2.75) is 31.7 Å². The quantitative estimate of drug-likeness (QED) is 0.525. The van der Waals surface area contributed by atoms with Gasteiger partial charge < -0.3 is 24.5 Å². The van der Waals surface area contributed by atoms with Crippen molar-refractivity contribution in [2.75, 3.05) is 27.7 Å². The van der Waals surface area contributed by atoms with E-state index >= 15 is 0 Å². The third-order valence-corrected chi connectivity index (χ3v) is 5.75. The number of likely N-dealkylation sites (N-methyl/N-ethyl adjacent to an activating group) is 1. The van der Waals surface area contributed by atoms with Crippen molar-refractivity contribution in [1.29, 1.82) is 0 Å². The number of Topliss-reactive ketones (excluding diaryl/α,β-unsaturated/α-hetero) is 1. The van der Waals surface area contributed by atoms with E-state index in [0.717, 1.165) is 29.7 Å². The number of rotatable bonds is 6. The summed E-state index contributed by atoms with van der Waals surface area (Å²) in [6.07, 6.45) is 2.09. The van der Waals surface area contributed by atoms with Gasteiger partial charge in [0, 0.05) is 12.8 Å². The summed E-state index contributed by atoms with van der Waals surface area (Å²) in [5.41, 5.74) is 2.73. The van der Waals surface area contributed by atoms with Gasteiger partial charge in [-0.05, 0) is 35.7 Å². The molecule has 3 N–H and O–H groups in total. The third kappa shape index (κ3) is 3.92. The molecule has 0 aliphatic carbocycles. The van der Waals surface area contributed by atoms with Crippen LogP contribution in [0.25, 0.3) is 0 Å². The fourth-order valence-corrected chi connectivity index (χ4v) is 4.01. The fraction of sp³-hybridized carbons (Fsp3) is 0.409. The summed E-state index contributed by atoms with van der Waals surface area (Å²) in [5, 5.41) is 29.6. The first-order valence-electron chi connectivity index (χ1n) is 9.47. The Kier molecular flexibility index (Phi) is 5.52. The predicted octanol–water partition coefficient (Wildman–Crippen LogP) is 3.08. The summed E-state index contributed by atoms with van der Waals surface area (Å²) in [6.45, 7) is 0.830. The zero-order chi connectivity index (χ0) is 20.5. The Morgan fingerprint density at radius 3 is 2.50 bits per heavy atom. The second kappa shape index (κ2) is 7.72. The molecule has 0 radical (unpaired) electrons. The van der Waals surface area contributed by atoms with Gasteiger partial charge in [0.2, 0.25) is 5.75 Å². The Balaban J connectivity index is 1.83. The van der Waals surface area contributed by atoms with Gasteiger partial charge in [-0.1, -0.05) is 12.1 Å². The molecule has 1 aliphatic heterocycles. The van der Waals surface area contributed by atoms with Gasteiger partial charge in [0.05, 0.1) is 39.7 Å². The Morgan fingerprint density at radius 2 is 1.86 bits per heavy atom. The highest BCUT2D eigenvalue weighted by atomic mass is 16.5. The molecule has 2 aromatic rings. The zero-order valence-corrected chi connectivity index (χ0v) is 16.6. The van der Waals surface area contributed by atoms with E-state index in [1.165, 1.54) is 7.11 Å². The smallest absolute Gasteiger partial charge is 0.201 e. The monoisotopic (exact) mass is 386 g/mol. The molecular weight excluding hydrogens is 358 g/mol. The SMILES string of the molecule is COc1c(O)c(O)cc2c1C(CC(=O)CCc1ccc(O)cc1)[N+](C)(C)CC2. The minimum atomic E-state index is -0.273. The van der Waals surface area contributed by atoms with Gasteiger partial charge in [-0.2, -0.15) is 0 Å². The van der Waals surface area contributed by atoms with Gasteiger partial charge in [0.1, 0.15) is 17.6 Å². The van der Waals surface area contributed by atoms with Crippen molar-refractivity contribution in [3.05, 3.63) is 47.0 Å². The minimum Gasteiger partial charge on any atom is -0.508 e. The second-order valence-electron chi connectivity index (χ2n) is 8.03. The first kappa shape index (κ1) is 20.0. The molecule has 6 nitrogen and oxygen atoms in total. The fourth-order valence-electron chi connectivity index (χ4n) is 4.01. The number of benzene rings is 2. The number of aryl methyl sites for hydroxylation is 1. The Labute approximate surface area is 165 Å². The maximum absolute atomic E-state index is 12.8. The van der Waals surface area contributed by atoms with E-state index in [9.17, 15) is 20.1 Å². The van der Waals surface area contributed by atoms with Crippen LogP contribution in [0.5, 0.6) is 23.0 Å². The number of aromatic hydroxyl groups is 3. The summed E-state index contributed by atoms with van der Waals surface area (Å²) in [6, 6.07) is 8.32. The molecule has 1 aliphatic rings. The van der Waals surface area contributed by atoms with Gasteiger partial charge in [-0.3, -0.25) is 4.79 Å². The van der Waals surface area contributed by atoms with E-state index in [1.807, 2.05) is 12.1 Å². The Hall–Kier alpha value is -2.73. The lowest BCUT2D eigenvalue weighted by atomic mass is 9.86. The number of phenolic OH excluding ortho intramolecular Hbond substituents is 3. The molecule has 1 atom stereocenters. The molecule has 0 saturated heterocycles. The van der Waals surface area contributed by atoms with Crippen LogP contribution in [0.1, 0.15) is 35.6 Å². The molecule has 28 heavy (non-hydrogen) atoms. The van der Waals surface area contributed by atoms with Crippen molar-refractivity contribution in [3.8, 4) is 23.0 Å². The number of carbonyl (C=O) groups excluding carboxylic acids is 1. The highest BCUT2D eigenvalue weighted by molar-refractivity contribution is 5.79. The van der Waals surface area contributed by atoms with E-state index < -0.39 is 0 Å². The topological polar surface area (TPSA) is 87.0 Å². The number of ether oxygens (including phenoxy) is 1. The van der Waals surface area contributed by atoms with E-state index in [0.29, 0.717) is 23.7 Å². The molecule has 0 fully saturated rings. The largest absolute Gasteiger partial charge is 0.508 e. The summed E-state index contributed by atoms with van der Waals surface area (Å²) < 4.78 is 6.02. The molecule has 0 saturated carbocycles. The normalized spacial score (nSPS) is 17.8. The third-order valence-electron chi connectivity index (χ3n) is 5.75. The van der Waals surface area contributed by atoms with Crippen LogP contribution in [0.4, 0.5) is 0 Å². The zero-order valence-electron chi connectivity index (χ0n) is 16.6. The van der Waals surface area contributed by atoms with Crippen LogP contribution < -0.4 is 4.74 Å². The van der Waals surface area contributed by atoms with Crippen molar-refractivity contribution >= 4 is 5.78 Å². The highest BCUT2D eigenvalue weighted by Crippen LogP contribution is 2.48. The van der Waals surface area contributed by atoms with Crippen LogP contribution in [0, 0.1) is 0 Å². The Bertz CT molecular complexity index is 873. The van der Waals surface area contributed by atoms with Crippen LogP contribution in [0.2, 0.25) is 0 Å².